The summed E-state index contributed by atoms with van der Waals surface area (Å²) in [6, 6.07) is 14.1. The zero-order valence-corrected chi connectivity index (χ0v) is 19.4. The van der Waals surface area contributed by atoms with Crippen molar-refractivity contribution in [2.45, 2.75) is 38.8 Å². The molecule has 0 bridgehead atoms. The van der Waals surface area contributed by atoms with E-state index in [1.165, 1.54) is 5.56 Å². The second-order valence-electron chi connectivity index (χ2n) is 8.16. The fraction of sp³-hybridized carbons (Fsp3) is 0.400. The lowest BCUT2D eigenvalue weighted by atomic mass is 10.1. The van der Waals surface area contributed by atoms with Gasteiger partial charge in [0.15, 0.2) is 11.5 Å². The zero-order valence-electron chi connectivity index (χ0n) is 19.4. The molecule has 0 unspecified atom stereocenters. The number of ether oxygens (including phenoxy) is 2. The lowest BCUT2D eigenvalue weighted by molar-refractivity contribution is 0.109. The summed E-state index contributed by atoms with van der Waals surface area (Å²) in [5.41, 5.74) is 1.95. The van der Waals surface area contributed by atoms with Gasteiger partial charge in [-0.3, -0.25) is 0 Å². The molecule has 0 aliphatic carbocycles. The van der Waals surface area contributed by atoms with Crippen LogP contribution in [0.4, 0.5) is 10.6 Å². The summed E-state index contributed by atoms with van der Waals surface area (Å²) in [7, 11) is 1.63. The Morgan fingerprint density at radius 3 is 2.61 bits per heavy atom. The van der Waals surface area contributed by atoms with Gasteiger partial charge >= 0.3 is 6.03 Å². The highest BCUT2D eigenvalue weighted by atomic mass is 16.5. The van der Waals surface area contributed by atoms with Crippen molar-refractivity contribution < 1.29 is 14.3 Å². The molecule has 1 fully saturated rings. The van der Waals surface area contributed by atoms with Crippen molar-refractivity contribution in [1.29, 1.82) is 0 Å². The average molecular weight is 450 g/mol. The number of rotatable bonds is 7. The van der Waals surface area contributed by atoms with Crippen molar-refractivity contribution in [3.63, 3.8) is 0 Å². The number of urea groups is 1. The van der Waals surface area contributed by atoms with Crippen molar-refractivity contribution in [3.05, 3.63) is 54.4 Å². The number of hydrogen-bond acceptors (Lipinski definition) is 6. The van der Waals surface area contributed by atoms with Crippen molar-refractivity contribution in [2.75, 3.05) is 32.1 Å². The van der Waals surface area contributed by atoms with E-state index < -0.39 is 0 Å². The van der Waals surface area contributed by atoms with Crippen molar-refractivity contribution in [2.24, 2.45) is 0 Å². The van der Waals surface area contributed by atoms with Gasteiger partial charge in [-0.25, -0.2) is 14.8 Å². The Morgan fingerprint density at radius 2 is 1.91 bits per heavy atom. The zero-order chi connectivity index (χ0) is 23.2. The van der Waals surface area contributed by atoms with E-state index in [-0.39, 0.29) is 18.2 Å². The van der Waals surface area contributed by atoms with Crippen LogP contribution >= 0.6 is 0 Å². The monoisotopic (exact) mass is 449 g/mol. The van der Waals surface area contributed by atoms with Gasteiger partial charge in [-0.1, -0.05) is 30.3 Å². The molecule has 1 atom stereocenters. The molecule has 1 aliphatic heterocycles. The van der Waals surface area contributed by atoms with Crippen LogP contribution in [0.2, 0.25) is 0 Å². The van der Waals surface area contributed by atoms with E-state index >= 15 is 0 Å². The minimum atomic E-state index is -0.0142. The molecule has 2 heterocycles. The molecule has 3 aromatic rings. The third-order valence-corrected chi connectivity index (χ3v) is 5.92. The van der Waals surface area contributed by atoms with Gasteiger partial charge in [0.1, 0.15) is 18.2 Å². The van der Waals surface area contributed by atoms with Gasteiger partial charge in [-0.2, -0.15) is 0 Å². The van der Waals surface area contributed by atoms with Gasteiger partial charge in [0.25, 0.3) is 0 Å². The molecule has 4 rings (SSSR count). The number of amides is 2. The first-order valence-corrected chi connectivity index (χ1v) is 11.4. The molecule has 0 radical (unpaired) electrons. The standard InChI is InChI=1S/C25H31N5O3/c1-4-26-25(31)30-12-10-19(11-13-30)33-23-14-20-21(15-22(23)32-3)27-16-28-24(20)29-17(2)18-8-6-5-7-9-18/h5-9,14-17,19H,4,10-13H2,1-3H3,(H,26,31)(H,27,28,29)/t17-/m1/s1. The maximum Gasteiger partial charge on any atom is 0.317 e. The van der Waals surface area contributed by atoms with Crippen LogP contribution in [0.25, 0.3) is 10.9 Å². The molecular formula is C25H31N5O3. The van der Waals surface area contributed by atoms with E-state index in [1.54, 1.807) is 13.4 Å². The van der Waals surface area contributed by atoms with Gasteiger partial charge < -0.3 is 25.0 Å². The third-order valence-electron chi connectivity index (χ3n) is 5.92. The Labute approximate surface area is 194 Å². The number of benzene rings is 2. The number of carbonyl (C=O) groups is 1. The number of likely N-dealkylation sites (tertiary alicyclic amines) is 1. The summed E-state index contributed by atoms with van der Waals surface area (Å²) in [5, 5.41) is 7.23. The van der Waals surface area contributed by atoms with Crippen LogP contribution in [0.5, 0.6) is 11.5 Å². The van der Waals surface area contributed by atoms with E-state index in [0.29, 0.717) is 31.1 Å². The Kier molecular flexibility index (Phi) is 7.12. The highest BCUT2D eigenvalue weighted by Gasteiger charge is 2.25. The number of methoxy groups -OCH3 is 1. The molecule has 2 aromatic carbocycles. The fourth-order valence-electron chi connectivity index (χ4n) is 4.08. The third kappa shape index (κ3) is 5.27. The largest absolute Gasteiger partial charge is 0.493 e. The average Bonchev–Trinajstić information content (AvgIpc) is 2.85. The quantitative estimate of drug-likeness (QED) is 0.556. The second-order valence-corrected chi connectivity index (χ2v) is 8.16. The molecular weight excluding hydrogens is 418 g/mol. The molecule has 8 nitrogen and oxygen atoms in total. The van der Waals surface area contributed by atoms with Crippen LogP contribution in [-0.2, 0) is 0 Å². The molecule has 1 aromatic heterocycles. The summed E-state index contributed by atoms with van der Waals surface area (Å²) < 4.78 is 11.9. The van der Waals surface area contributed by atoms with E-state index in [4.69, 9.17) is 9.47 Å². The number of hydrogen-bond donors (Lipinski definition) is 2. The normalized spacial score (nSPS) is 15.2. The molecule has 33 heavy (non-hydrogen) atoms. The van der Waals surface area contributed by atoms with Crippen molar-refractivity contribution in [3.8, 4) is 11.5 Å². The molecule has 174 valence electrons. The minimum absolute atomic E-state index is 0.00584. The van der Waals surface area contributed by atoms with Crippen LogP contribution in [-0.4, -0.2) is 53.7 Å². The molecule has 0 spiro atoms. The maximum atomic E-state index is 12.1. The number of carbonyl (C=O) groups excluding carboxylic acids is 1. The molecule has 2 amide bonds. The minimum Gasteiger partial charge on any atom is -0.493 e. The van der Waals surface area contributed by atoms with E-state index in [9.17, 15) is 4.79 Å². The number of anilines is 1. The number of nitrogens with one attached hydrogen (secondary N) is 2. The van der Waals surface area contributed by atoms with Crippen LogP contribution < -0.4 is 20.1 Å². The lowest BCUT2D eigenvalue weighted by Gasteiger charge is -2.32. The summed E-state index contributed by atoms with van der Waals surface area (Å²) in [4.78, 5) is 22.8. The number of aromatic nitrogens is 2. The van der Waals surface area contributed by atoms with Gasteiger partial charge in [0.2, 0.25) is 0 Å². The van der Waals surface area contributed by atoms with E-state index in [1.807, 2.05) is 42.2 Å². The van der Waals surface area contributed by atoms with Gasteiger partial charge in [0, 0.05) is 50.0 Å². The molecule has 1 saturated heterocycles. The van der Waals surface area contributed by atoms with Gasteiger partial charge in [-0.15, -0.1) is 0 Å². The van der Waals surface area contributed by atoms with Crippen molar-refractivity contribution >= 4 is 22.8 Å². The summed E-state index contributed by atoms with van der Waals surface area (Å²) in [6.45, 7) is 5.98. The molecule has 0 saturated carbocycles. The van der Waals surface area contributed by atoms with Crippen LogP contribution in [0, 0.1) is 0 Å². The number of piperidine rings is 1. The van der Waals surface area contributed by atoms with E-state index in [0.717, 1.165) is 29.6 Å². The SMILES string of the molecule is CCNC(=O)N1CCC(Oc2cc3c(N[C@H](C)c4ccccc4)ncnc3cc2OC)CC1. The first-order valence-electron chi connectivity index (χ1n) is 11.4. The van der Waals surface area contributed by atoms with Gasteiger partial charge in [-0.05, 0) is 25.5 Å². The fourth-order valence-corrected chi connectivity index (χ4v) is 4.08. The predicted octanol–water partition coefficient (Wildman–Crippen LogP) is 4.38. The highest BCUT2D eigenvalue weighted by Crippen LogP contribution is 2.36. The van der Waals surface area contributed by atoms with Gasteiger partial charge in [0.05, 0.1) is 12.6 Å². The first kappa shape index (κ1) is 22.6. The maximum absolute atomic E-state index is 12.1. The Balaban J connectivity index is 1.53. The lowest BCUT2D eigenvalue weighted by Crippen LogP contribution is -2.46. The second kappa shape index (κ2) is 10.4. The predicted molar refractivity (Wildman–Crippen MR) is 129 cm³/mol. The van der Waals surface area contributed by atoms with E-state index in [2.05, 4.69) is 39.7 Å². The Bertz CT molecular complexity index is 1080. The smallest absolute Gasteiger partial charge is 0.317 e. The summed E-state index contributed by atoms with van der Waals surface area (Å²) in [5.74, 6) is 2.04. The Hall–Kier alpha value is -3.55. The molecule has 2 N–H and O–H groups in total. The van der Waals surface area contributed by atoms with Crippen molar-refractivity contribution in [1.82, 2.24) is 20.2 Å². The Morgan fingerprint density at radius 1 is 1.15 bits per heavy atom. The van der Waals surface area contributed by atoms with Crippen LogP contribution in [0.1, 0.15) is 38.3 Å². The summed E-state index contributed by atoms with van der Waals surface area (Å²) in [6.07, 6.45) is 3.09. The highest BCUT2D eigenvalue weighted by molar-refractivity contribution is 5.91. The van der Waals surface area contributed by atoms with Crippen LogP contribution in [0.3, 0.4) is 0 Å². The first-order chi connectivity index (χ1) is 16.1. The topological polar surface area (TPSA) is 88.6 Å². The number of nitrogens with zero attached hydrogens (tertiary/aromatic N) is 3. The summed E-state index contributed by atoms with van der Waals surface area (Å²) >= 11 is 0. The number of fused-ring (bicyclic) bond motifs is 1. The molecule has 1 aliphatic rings. The van der Waals surface area contributed by atoms with Crippen LogP contribution in [0.15, 0.2) is 48.8 Å². The molecule has 8 heteroatoms.